The highest BCUT2D eigenvalue weighted by Crippen LogP contribution is 2.42. The molecule has 1 fully saturated rings. The standard InChI is InChI=1S/C10H9NO/c11-7-12-10-6-9(10)8-4-2-1-3-5-8/h1-5,9-10H,6H2. The maximum atomic E-state index is 8.27. The van der Waals surface area contributed by atoms with Gasteiger partial charge >= 0.3 is 0 Å². The van der Waals surface area contributed by atoms with E-state index in [2.05, 4.69) is 12.1 Å². The summed E-state index contributed by atoms with van der Waals surface area (Å²) >= 11 is 0. The first-order valence-electron chi connectivity index (χ1n) is 4.01. The molecule has 0 radical (unpaired) electrons. The molecule has 0 amide bonds. The third-order valence-electron chi connectivity index (χ3n) is 2.16. The van der Waals surface area contributed by atoms with Crippen LogP contribution in [0.4, 0.5) is 0 Å². The first kappa shape index (κ1) is 7.17. The molecule has 0 heterocycles. The number of rotatable bonds is 2. The number of hydrogen-bond acceptors (Lipinski definition) is 2. The predicted octanol–water partition coefficient (Wildman–Crippen LogP) is 2.04. The number of nitrogens with zero attached hydrogens (tertiary/aromatic N) is 1. The topological polar surface area (TPSA) is 33.0 Å². The Bertz CT molecular complexity index is 301. The first-order chi connectivity index (χ1) is 5.92. The Balaban J connectivity index is 2.03. The molecule has 2 heteroatoms. The van der Waals surface area contributed by atoms with Crippen LogP contribution in [0.2, 0.25) is 0 Å². The van der Waals surface area contributed by atoms with Gasteiger partial charge < -0.3 is 4.74 Å². The van der Waals surface area contributed by atoms with E-state index in [0.29, 0.717) is 5.92 Å². The minimum Gasteiger partial charge on any atom is -0.424 e. The molecule has 0 bridgehead atoms. The van der Waals surface area contributed by atoms with E-state index in [4.69, 9.17) is 10.00 Å². The minimum atomic E-state index is 0.136. The van der Waals surface area contributed by atoms with E-state index < -0.39 is 0 Å². The van der Waals surface area contributed by atoms with Gasteiger partial charge in [0.1, 0.15) is 6.10 Å². The molecule has 0 N–H and O–H groups in total. The molecular weight excluding hydrogens is 150 g/mol. The van der Waals surface area contributed by atoms with Gasteiger partial charge in [0.15, 0.2) is 0 Å². The van der Waals surface area contributed by atoms with Crippen molar-refractivity contribution in [3.8, 4) is 6.26 Å². The molecule has 2 nitrogen and oxygen atoms in total. The summed E-state index contributed by atoms with van der Waals surface area (Å²) in [7, 11) is 0. The second-order valence-corrected chi connectivity index (χ2v) is 3.00. The number of hydrogen-bond donors (Lipinski definition) is 0. The van der Waals surface area contributed by atoms with Gasteiger partial charge in [-0.3, -0.25) is 0 Å². The van der Waals surface area contributed by atoms with E-state index in [0.717, 1.165) is 6.42 Å². The molecule has 12 heavy (non-hydrogen) atoms. The molecule has 1 saturated carbocycles. The van der Waals surface area contributed by atoms with Crippen LogP contribution < -0.4 is 0 Å². The molecule has 0 aromatic heterocycles. The zero-order valence-electron chi connectivity index (χ0n) is 6.60. The van der Waals surface area contributed by atoms with E-state index in [1.165, 1.54) is 5.56 Å². The van der Waals surface area contributed by atoms with Crippen LogP contribution in [-0.4, -0.2) is 6.10 Å². The van der Waals surface area contributed by atoms with Gasteiger partial charge in [0.05, 0.1) is 0 Å². The summed E-state index contributed by atoms with van der Waals surface area (Å²) in [6.07, 6.45) is 2.85. The van der Waals surface area contributed by atoms with Crippen LogP contribution in [-0.2, 0) is 4.74 Å². The molecule has 0 spiro atoms. The van der Waals surface area contributed by atoms with Crippen molar-refractivity contribution in [1.82, 2.24) is 0 Å². The van der Waals surface area contributed by atoms with Crippen molar-refractivity contribution in [2.45, 2.75) is 18.4 Å². The van der Waals surface area contributed by atoms with Gasteiger partial charge in [-0.15, -0.1) is 0 Å². The number of benzene rings is 1. The lowest BCUT2D eigenvalue weighted by atomic mass is 10.1. The van der Waals surface area contributed by atoms with Gasteiger partial charge in [0.25, 0.3) is 6.26 Å². The highest BCUT2D eigenvalue weighted by molar-refractivity contribution is 5.26. The normalized spacial score (nSPS) is 25.9. The van der Waals surface area contributed by atoms with Crippen LogP contribution in [0, 0.1) is 11.5 Å². The molecular formula is C10H9NO. The van der Waals surface area contributed by atoms with E-state index in [1.807, 2.05) is 18.2 Å². The summed E-state index contributed by atoms with van der Waals surface area (Å²) in [5.41, 5.74) is 1.28. The van der Waals surface area contributed by atoms with Crippen LogP contribution in [0.15, 0.2) is 30.3 Å². The van der Waals surface area contributed by atoms with Gasteiger partial charge in [-0.05, 0) is 12.0 Å². The maximum absolute atomic E-state index is 8.27. The largest absolute Gasteiger partial charge is 0.424 e. The summed E-state index contributed by atoms with van der Waals surface area (Å²) in [6, 6.07) is 10.2. The van der Waals surface area contributed by atoms with Gasteiger partial charge in [-0.25, -0.2) is 0 Å². The van der Waals surface area contributed by atoms with E-state index in [-0.39, 0.29) is 6.10 Å². The van der Waals surface area contributed by atoms with Gasteiger partial charge in [0, 0.05) is 5.92 Å². The number of ether oxygens (including phenoxy) is 1. The molecule has 1 aromatic carbocycles. The summed E-state index contributed by atoms with van der Waals surface area (Å²) in [5.74, 6) is 0.450. The Labute approximate surface area is 71.4 Å². The van der Waals surface area contributed by atoms with E-state index in [1.54, 1.807) is 6.26 Å². The SMILES string of the molecule is N#COC1CC1c1ccccc1. The second-order valence-electron chi connectivity index (χ2n) is 3.00. The highest BCUT2D eigenvalue weighted by Gasteiger charge is 2.40. The fraction of sp³-hybridized carbons (Fsp3) is 0.300. The van der Waals surface area contributed by atoms with Crippen molar-refractivity contribution in [3.05, 3.63) is 35.9 Å². The average molecular weight is 159 g/mol. The summed E-state index contributed by atoms with van der Waals surface area (Å²) in [4.78, 5) is 0. The fourth-order valence-electron chi connectivity index (χ4n) is 1.42. The number of nitriles is 1. The lowest BCUT2D eigenvalue weighted by molar-refractivity contribution is 0.249. The molecule has 60 valence electrons. The van der Waals surface area contributed by atoms with Crippen LogP contribution in [0.1, 0.15) is 17.9 Å². The lowest BCUT2D eigenvalue weighted by Crippen LogP contribution is -1.89. The molecule has 0 aliphatic heterocycles. The predicted molar refractivity (Wildman–Crippen MR) is 44.3 cm³/mol. The molecule has 1 aliphatic carbocycles. The van der Waals surface area contributed by atoms with Crippen molar-refractivity contribution in [2.75, 3.05) is 0 Å². The fourth-order valence-corrected chi connectivity index (χ4v) is 1.42. The van der Waals surface area contributed by atoms with Crippen molar-refractivity contribution in [2.24, 2.45) is 0 Å². The van der Waals surface area contributed by atoms with Crippen LogP contribution in [0.3, 0.4) is 0 Å². The Morgan fingerprint density at radius 1 is 1.33 bits per heavy atom. The smallest absolute Gasteiger partial charge is 0.286 e. The Hall–Kier alpha value is -1.49. The highest BCUT2D eigenvalue weighted by atomic mass is 16.5. The summed E-state index contributed by atoms with van der Waals surface area (Å²) in [5, 5.41) is 8.27. The summed E-state index contributed by atoms with van der Waals surface area (Å²) in [6.45, 7) is 0. The Morgan fingerprint density at radius 3 is 2.75 bits per heavy atom. The monoisotopic (exact) mass is 159 g/mol. The van der Waals surface area contributed by atoms with E-state index in [9.17, 15) is 0 Å². The van der Waals surface area contributed by atoms with Crippen molar-refractivity contribution in [3.63, 3.8) is 0 Å². The third kappa shape index (κ3) is 1.26. The molecule has 2 atom stereocenters. The van der Waals surface area contributed by atoms with Crippen LogP contribution >= 0.6 is 0 Å². The lowest BCUT2D eigenvalue weighted by Gasteiger charge is -1.96. The third-order valence-corrected chi connectivity index (χ3v) is 2.16. The van der Waals surface area contributed by atoms with Crippen molar-refractivity contribution >= 4 is 0 Å². The van der Waals surface area contributed by atoms with Crippen LogP contribution in [0.5, 0.6) is 0 Å². The molecule has 1 aliphatic rings. The maximum Gasteiger partial charge on any atom is 0.286 e. The zero-order chi connectivity index (χ0) is 8.39. The van der Waals surface area contributed by atoms with Crippen molar-refractivity contribution < 1.29 is 4.74 Å². The first-order valence-corrected chi connectivity index (χ1v) is 4.01. The van der Waals surface area contributed by atoms with E-state index >= 15 is 0 Å². The average Bonchev–Trinajstić information content (AvgIpc) is 2.87. The van der Waals surface area contributed by atoms with Crippen molar-refractivity contribution in [1.29, 1.82) is 5.26 Å². The summed E-state index contributed by atoms with van der Waals surface area (Å²) < 4.78 is 4.83. The van der Waals surface area contributed by atoms with Gasteiger partial charge in [-0.2, -0.15) is 5.26 Å². The zero-order valence-corrected chi connectivity index (χ0v) is 6.60. The molecule has 0 saturated heterocycles. The molecule has 2 unspecified atom stereocenters. The minimum absolute atomic E-state index is 0.136. The molecule has 2 rings (SSSR count). The molecule has 1 aromatic rings. The Morgan fingerprint density at radius 2 is 2.08 bits per heavy atom. The quantitative estimate of drug-likeness (QED) is 0.618. The van der Waals surface area contributed by atoms with Crippen LogP contribution in [0.25, 0.3) is 0 Å². The van der Waals surface area contributed by atoms with Gasteiger partial charge in [0.2, 0.25) is 0 Å². The second kappa shape index (κ2) is 2.86. The Kier molecular flexibility index (Phi) is 1.71. The van der Waals surface area contributed by atoms with Gasteiger partial charge in [-0.1, -0.05) is 30.3 Å².